The van der Waals surface area contributed by atoms with Crippen molar-refractivity contribution in [2.75, 3.05) is 24.3 Å². The van der Waals surface area contributed by atoms with Crippen molar-refractivity contribution in [1.82, 2.24) is 9.97 Å². The van der Waals surface area contributed by atoms with E-state index in [0.29, 0.717) is 17.3 Å². The number of hydrogen-bond donors (Lipinski definition) is 2. The lowest BCUT2D eigenvalue weighted by atomic mass is 9.97. The third-order valence-corrected chi connectivity index (χ3v) is 4.33. The van der Waals surface area contributed by atoms with E-state index >= 15 is 0 Å². The van der Waals surface area contributed by atoms with Crippen molar-refractivity contribution in [3.8, 4) is 0 Å². The summed E-state index contributed by atoms with van der Waals surface area (Å²) in [6.45, 7) is 0.827. The SMILES string of the molecule is COC(=O)c1cccc(Nc2ccnc(NCCC3=CCCCC3)n2)c1. The van der Waals surface area contributed by atoms with Crippen LogP contribution in [0.15, 0.2) is 48.2 Å². The standard InChI is InChI=1S/C20H24N4O2/c1-26-19(25)16-8-5-9-17(14-16)23-18-11-13-22-20(24-18)21-12-10-15-6-3-2-4-7-15/h5-6,8-9,11,13-14H,2-4,7,10,12H2,1H3,(H2,21,22,23,24). The number of esters is 1. The molecule has 26 heavy (non-hydrogen) atoms. The predicted molar refractivity (Wildman–Crippen MR) is 103 cm³/mol. The summed E-state index contributed by atoms with van der Waals surface area (Å²) in [5.74, 6) is 0.896. The van der Waals surface area contributed by atoms with Crippen molar-refractivity contribution in [3.63, 3.8) is 0 Å². The maximum Gasteiger partial charge on any atom is 0.337 e. The highest BCUT2D eigenvalue weighted by Gasteiger charge is 2.07. The van der Waals surface area contributed by atoms with Crippen LogP contribution >= 0.6 is 0 Å². The molecule has 1 heterocycles. The van der Waals surface area contributed by atoms with Gasteiger partial charge in [0.2, 0.25) is 5.95 Å². The zero-order valence-electron chi connectivity index (χ0n) is 15.0. The molecule has 0 fully saturated rings. The van der Waals surface area contributed by atoms with E-state index < -0.39 is 0 Å². The van der Waals surface area contributed by atoms with Crippen LogP contribution in [0.5, 0.6) is 0 Å². The van der Waals surface area contributed by atoms with Gasteiger partial charge < -0.3 is 15.4 Å². The molecule has 0 saturated carbocycles. The third-order valence-electron chi connectivity index (χ3n) is 4.33. The van der Waals surface area contributed by atoms with E-state index in [0.717, 1.165) is 18.7 Å². The van der Waals surface area contributed by atoms with E-state index in [-0.39, 0.29) is 5.97 Å². The van der Waals surface area contributed by atoms with Crippen LogP contribution in [-0.4, -0.2) is 29.6 Å². The predicted octanol–water partition coefficient (Wildman–Crippen LogP) is 4.31. The summed E-state index contributed by atoms with van der Waals surface area (Å²) in [5.41, 5.74) is 2.79. The van der Waals surface area contributed by atoms with Gasteiger partial charge in [0.25, 0.3) is 0 Å². The Hall–Kier alpha value is -2.89. The second kappa shape index (κ2) is 8.99. The highest BCUT2D eigenvalue weighted by Crippen LogP contribution is 2.20. The van der Waals surface area contributed by atoms with Crippen molar-refractivity contribution >= 4 is 23.4 Å². The molecule has 1 aliphatic carbocycles. The van der Waals surface area contributed by atoms with Crippen molar-refractivity contribution in [2.24, 2.45) is 0 Å². The van der Waals surface area contributed by atoms with Gasteiger partial charge in [-0.3, -0.25) is 0 Å². The maximum atomic E-state index is 11.6. The number of ether oxygens (including phenoxy) is 1. The van der Waals surface area contributed by atoms with Crippen LogP contribution in [0.3, 0.4) is 0 Å². The Morgan fingerprint density at radius 1 is 1.27 bits per heavy atom. The molecule has 0 atom stereocenters. The van der Waals surface area contributed by atoms with Gasteiger partial charge >= 0.3 is 5.97 Å². The molecule has 0 aliphatic heterocycles. The van der Waals surface area contributed by atoms with Crippen LogP contribution in [0, 0.1) is 0 Å². The maximum absolute atomic E-state index is 11.6. The van der Waals surface area contributed by atoms with Gasteiger partial charge in [-0.2, -0.15) is 4.98 Å². The topological polar surface area (TPSA) is 76.1 Å². The molecule has 0 amide bonds. The lowest BCUT2D eigenvalue weighted by Gasteiger charge is -2.13. The fourth-order valence-electron chi connectivity index (χ4n) is 2.97. The summed E-state index contributed by atoms with van der Waals surface area (Å²) in [6, 6.07) is 8.91. The number of benzene rings is 1. The third kappa shape index (κ3) is 5.05. The van der Waals surface area contributed by atoms with Crippen LogP contribution in [-0.2, 0) is 4.74 Å². The van der Waals surface area contributed by atoms with E-state index in [2.05, 4.69) is 26.7 Å². The summed E-state index contributed by atoms with van der Waals surface area (Å²) in [7, 11) is 1.37. The molecule has 0 unspecified atom stereocenters. The number of aromatic nitrogens is 2. The number of anilines is 3. The van der Waals surface area contributed by atoms with Crippen molar-refractivity contribution in [1.29, 1.82) is 0 Å². The van der Waals surface area contributed by atoms with Crippen LogP contribution in [0.25, 0.3) is 0 Å². The second-order valence-corrected chi connectivity index (χ2v) is 6.25. The van der Waals surface area contributed by atoms with E-state index in [1.54, 1.807) is 30.5 Å². The molecule has 136 valence electrons. The number of nitrogens with zero attached hydrogens (tertiary/aromatic N) is 2. The Balaban J connectivity index is 1.58. The first kappa shape index (κ1) is 17.9. The lowest BCUT2D eigenvalue weighted by Crippen LogP contribution is -2.08. The van der Waals surface area contributed by atoms with E-state index in [1.807, 2.05) is 6.07 Å². The lowest BCUT2D eigenvalue weighted by molar-refractivity contribution is 0.0601. The zero-order chi connectivity index (χ0) is 18.2. The van der Waals surface area contributed by atoms with Gasteiger partial charge in [-0.1, -0.05) is 17.7 Å². The molecular formula is C20H24N4O2. The summed E-state index contributed by atoms with van der Waals surface area (Å²) < 4.78 is 4.75. The van der Waals surface area contributed by atoms with Gasteiger partial charge in [-0.15, -0.1) is 0 Å². The minimum absolute atomic E-state index is 0.365. The molecule has 0 spiro atoms. The molecule has 3 rings (SSSR count). The molecule has 1 aromatic heterocycles. The number of rotatable bonds is 7. The highest BCUT2D eigenvalue weighted by atomic mass is 16.5. The smallest absolute Gasteiger partial charge is 0.337 e. The average Bonchev–Trinajstić information content (AvgIpc) is 2.69. The molecule has 1 aromatic carbocycles. The number of carbonyl (C=O) groups is 1. The van der Waals surface area contributed by atoms with Crippen LogP contribution in [0.1, 0.15) is 42.5 Å². The normalized spacial score (nSPS) is 13.7. The van der Waals surface area contributed by atoms with E-state index in [4.69, 9.17) is 4.74 Å². The minimum Gasteiger partial charge on any atom is -0.465 e. The van der Waals surface area contributed by atoms with Gasteiger partial charge in [-0.25, -0.2) is 9.78 Å². The Morgan fingerprint density at radius 3 is 3.00 bits per heavy atom. The number of hydrogen-bond acceptors (Lipinski definition) is 6. The van der Waals surface area contributed by atoms with Crippen LogP contribution in [0.4, 0.5) is 17.5 Å². The van der Waals surface area contributed by atoms with Crippen LogP contribution in [0.2, 0.25) is 0 Å². The van der Waals surface area contributed by atoms with Gasteiger partial charge in [0.05, 0.1) is 12.7 Å². The molecule has 2 aromatic rings. The quantitative estimate of drug-likeness (QED) is 0.571. The summed E-state index contributed by atoms with van der Waals surface area (Å²) in [4.78, 5) is 20.4. The Kier molecular flexibility index (Phi) is 6.19. The number of allylic oxidation sites excluding steroid dienone is 1. The Bertz CT molecular complexity index is 789. The van der Waals surface area contributed by atoms with Crippen molar-refractivity contribution in [3.05, 3.63) is 53.7 Å². The molecule has 0 saturated heterocycles. The molecule has 6 heteroatoms. The Labute approximate surface area is 153 Å². The number of nitrogens with one attached hydrogen (secondary N) is 2. The Morgan fingerprint density at radius 2 is 2.19 bits per heavy atom. The largest absolute Gasteiger partial charge is 0.465 e. The first-order valence-electron chi connectivity index (χ1n) is 8.95. The fraction of sp³-hybridized carbons (Fsp3) is 0.350. The van der Waals surface area contributed by atoms with E-state index in [1.165, 1.54) is 38.4 Å². The average molecular weight is 352 g/mol. The summed E-state index contributed by atoms with van der Waals surface area (Å²) in [5, 5.41) is 6.47. The molecule has 2 N–H and O–H groups in total. The minimum atomic E-state index is -0.365. The van der Waals surface area contributed by atoms with Gasteiger partial charge in [0.15, 0.2) is 0 Å². The molecule has 1 aliphatic rings. The second-order valence-electron chi connectivity index (χ2n) is 6.25. The van der Waals surface area contributed by atoms with Crippen LogP contribution < -0.4 is 10.6 Å². The van der Waals surface area contributed by atoms with Crippen molar-refractivity contribution < 1.29 is 9.53 Å². The fourth-order valence-corrected chi connectivity index (χ4v) is 2.97. The monoisotopic (exact) mass is 352 g/mol. The summed E-state index contributed by atoms with van der Waals surface area (Å²) in [6.07, 6.45) is 10.1. The molecule has 6 nitrogen and oxygen atoms in total. The van der Waals surface area contributed by atoms with Crippen molar-refractivity contribution in [2.45, 2.75) is 32.1 Å². The van der Waals surface area contributed by atoms with Gasteiger partial charge in [-0.05, 0) is 56.4 Å². The molecular weight excluding hydrogens is 328 g/mol. The van der Waals surface area contributed by atoms with Gasteiger partial charge in [0.1, 0.15) is 5.82 Å². The number of carbonyl (C=O) groups excluding carboxylic acids is 1. The molecule has 0 radical (unpaired) electrons. The summed E-state index contributed by atoms with van der Waals surface area (Å²) >= 11 is 0. The van der Waals surface area contributed by atoms with E-state index in [9.17, 15) is 4.79 Å². The first-order chi connectivity index (χ1) is 12.7. The number of methoxy groups -OCH3 is 1. The first-order valence-corrected chi connectivity index (χ1v) is 8.95. The van der Waals surface area contributed by atoms with Gasteiger partial charge in [0, 0.05) is 18.4 Å². The highest BCUT2D eigenvalue weighted by molar-refractivity contribution is 5.90. The molecule has 0 bridgehead atoms. The zero-order valence-corrected chi connectivity index (χ0v) is 15.0.